The van der Waals surface area contributed by atoms with Crippen LogP contribution in [0, 0.1) is 0 Å². The smallest absolute Gasteiger partial charge is 0.338 e. The molecule has 1 saturated heterocycles. The Morgan fingerprint density at radius 2 is 1.74 bits per heavy atom. The van der Waals surface area contributed by atoms with E-state index in [9.17, 15) is 14.4 Å². The van der Waals surface area contributed by atoms with Gasteiger partial charge in [0, 0.05) is 25.2 Å². The molecule has 0 spiro atoms. The van der Waals surface area contributed by atoms with Gasteiger partial charge in [-0.25, -0.2) is 4.79 Å². The van der Waals surface area contributed by atoms with Crippen LogP contribution in [0.1, 0.15) is 55.5 Å². The normalized spacial score (nSPS) is 14.4. The third-order valence-electron chi connectivity index (χ3n) is 6.20. The summed E-state index contributed by atoms with van der Waals surface area (Å²) in [4.78, 5) is 41.7. The second kappa shape index (κ2) is 15.4. The number of likely N-dealkylation sites (N-methyl/N-ethyl adjacent to an activating group) is 1. The zero-order valence-corrected chi connectivity index (χ0v) is 23.6. The monoisotopic (exact) mass is 553 g/mol. The molecule has 0 radical (unpaired) electrons. The minimum absolute atomic E-state index is 0.0576. The lowest BCUT2D eigenvalue weighted by Gasteiger charge is -2.17. The zero-order chi connectivity index (χ0) is 27.3. The Balaban J connectivity index is 1.34. The van der Waals surface area contributed by atoms with E-state index in [1.807, 2.05) is 36.4 Å². The number of anilines is 1. The van der Waals surface area contributed by atoms with E-state index < -0.39 is 0 Å². The fourth-order valence-corrected chi connectivity index (χ4v) is 5.24. The lowest BCUT2D eigenvalue weighted by atomic mass is 10.1. The molecule has 38 heavy (non-hydrogen) atoms. The molecule has 0 aromatic heterocycles. The fourth-order valence-electron chi connectivity index (χ4n) is 3.93. The summed E-state index contributed by atoms with van der Waals surface area (Å²) in [5, 5.41) is 2.86. The number of benzene rings is 2. The van der Waals surface area contributed by atoms with Crippen molar-refractivity contribution in [3.63, 3.8) is 0 Å². The summed E-state index contributed by atoms with van der Waals surface area (Å²) in [5.41, 5.74) is 2.06. The van der Waals surface area contributed by atoms with Gasteiger partial charge in [0.15, 0.2) is 0 Å². The van der Waals surface area contributed by atoms with Crippen molar-refractivity contribution in [1.82, 2.24) is 9.80 Å². The number of esters is 1. The molecule has 2 aromatic rings. The number of hydrogen-bond acceptors (Lipinski definition) is 7. The van der Waals surface area contributed by atoms with Gasteiger partial charge in [-0.3, -0.25) is 14.5 Å². The number of unbranched alkanes of at least 4 members (excludes halogenated alkanes) is 2. The van der Waals surface area contributed by atoms with Crippen LogP contribution in [0.5, 0.6) is 0 Å². The van der Waals surface area contributed by atoms with Crippen molar-refractivity contribution in [2.75, 3.05) is 38.1 Å². The summed E-state index contributed by atoms with van der Waals surface area (Å²) in [6.07, 6.45) is 4.52. The van der Waals surface area contributed by atoms with Gasteiger partial charge < -0.3 is 15.0 Å². The number of hydrogen-bond donors (Lipinski definition) is 1. The van der Waals surface area contributed by atoms with Crippen molar-refractivity contribution >= 4 is 57.8 Å². The Hall–Kier alpha value is -3.01. The number of rotatable bonds is 14. The Morgan fingerprint density at radius 1 is 1.03 bits per heavy atom. The number of nitrogens with zero attached hydrogens (tertiary/aromatic N) is 2. The fraction of sp³-hybridized carbons (Fsp3) is 0.379. The van der Waals surface area contributed by atoms with Gasteiger partial charge in [-0.15, -0.1) is 0 Å². The molecule has 2 aromatic carbocycles. The number of carbonyl (C=O) groups excluding carboxylic acids is 3. The van der Waals surface area contributed by atoms with Crippen molar-refractivity contribution in [2.45, 2.75) is 39.5 Å². The lowest BCUT2D eigenvalue weighted by molar-refractivity contribution is -0.122. The lowest BCUT2D eigenvalue weighted by Crippen LogP contribution is -2.29. The van der Waals surface area contributed by atoms with Crippen molar-refractivity contribution in [3.8, 4) is 0 Å². The molecule has 0 aliphatic carbocycles. The van der Waals surface area contributed by atoms with Gasteiger partial charge in [-0.1, -0.05) is 74.6 Å². The molecule has 0 atom stereocenters. The van der Waals surface area contributed by atoms with Crippen LogP contribution in [0.15, 0.2) is 59.5 Å². The van der Waals surface area contributed by atoms with Gasteiger partial charge >= 0.3 is 5.97 Å². The second-order valence-corrected chi connectivity index (χ2v) is 10.5. The van der Waals surface area contributed by atoms with Crippen LogP contribution >= 0.6 is 24.0 Å². The Labute approximate surface area is 234 Å². The summed E-state index contributed by atoms with van der Waals surface area (Å²) in [6, 6.07) is 16.4. The first-order valence-electron chi connectivity index (χ1n) is 13.0. The highest BCUT2D eigenvalue weighted by atomic mass is 32.2. The molecular formula is C29H35N3O4S2. The van der Waals surface area contributed by atoms with Crippen molar-refractivity contribution < 1.29 is 19.1 Å². The van der Waals surface area contributed by atoms with E-state index in [1.165, 1.54) is 11.8 Å². The summed E-state index contributed by atoms with van der Waals surface area (Å²) < 4.78 is 5.91. The minimum Gasteiger partial charge on any atom is -0.461 e. The predicted molar refractivity (Wildman–Crippen MR) is 158 cm³/mol. The molecule has 0 bridgehead atoms. The maximum Gasteiger partial charge on any atom is 0.338 e. The van der Waals surface area contributed by atoms with Crippen molar-refractivity contribution in [1.29, 1.82) is 0 Å². The number of thiocarbonyl (C=S) groups is 1. The minimum atomic E-state index is -0.368. The standard InChI is InChI=1S/C29H35N3O4S2/c1-3-31(4-2)19-20-36-28(35)23-14-16-24(17-15-23)30-26(33)13-9-6-10-18-32-27(34)25(38-29(32)37)21-22-11-7-5-8-12-22/h5,7-8,11-12,14-17,21H,3-4,6,9-10,13,18-20H2,1-2H3,(H,30,33)/b25-21-. The SMILES string of the molecule is CCN(CC)CCOC(=O)c1ccc(NC(=O)CCCCCN2C(=O)/C(=C/c3ccccc3)SC2=S)cc1. The first kappa shape index (κ1) is 29.5. The third kappa shape index (κ3) is 9.08. The van der Waals surface area contributed by atoms with E-state index in [4.69, 9.17) is 17.0 Å². The van der Waals surface area contributed by atoms with Crippen LogP contribution < -0.4 is 5.32 Å². The van der Waals surface area contributed by atoms with Gasteiger partial charge in [0.25, 0.3) is 5.91 Å². The van der Waals surface area contributed by atoms with Crippen LogP contribution in [0.3, 0.4) is 0 Å². The van der Waals surface area contributed by atoms with E-state index >= 15 is 0 Å². The van der Waals surface area contributed by atoms with E-state index in [0.717, 1.165) is 31.5 Å². The Bertz CT molecular complexity index is 1130. The molecule has 9 heteroatoms. The van der Waals surface area contributed by atoms with E-state index in [1.54, 1.807) is 29.2 Å². The summed E-state index contributed by atoms with van der Waals surface area (Å²) in [5.74, 6) is -0.513. The van der Waals surface area contributed by atoms with Crippen LogP contribution in [0.4, 0.5) is 5.69 Å². The van der Waals surface area contributed by atoms with Gasteiger partial charge in [0.05, 0.1) is 10.5 Å². The Morgan fingerprint density at radius 3 is 2.42 bits per heavy atom. The molecule has 1 N–H and O–H groups in total. The van der Waals surface area contributed by atoms with E-state index in [0.29, 0.717) is 53.0 Å². The molecule has 1 aliphatic rings. The highest BCUT2D eigenvalue weighted by Gasteiger charge is 2.31. The molecule has 2 amide bonds. The highest BCUT2D eigenvalue weighted by Crippen LogP contribution is 2.32. The topological polar surface area (TPSA) is 79.0 Å². The van der Waals surface area contributed by atoms with Gasteiger partial charge in [0.2, 0.25) is 5.91 Å². The molecule has 0 unspecified atom stereocenters. The molecule has 1 heterocycles. The van der Waals surface area contributed by atoms with Crippen LogP contribution in [-0.2, 0) is 14.3 Å². The molecular weight excluding hydrogens is 518 g/mol. The maximum absolute atomic E-state index is 12.7. The first-order chi connectivity index (χ1) is 18.4. The number of carbonyl (C=O) groups is 3. The summed E-state index contributed by atoms with van der Waals surface area (Å²) in [6.45, 7) is 7.59. The molecule has 0 saturated carbocycles. The average molecular weight is 554 g/mol. The zero-order valence-electron chi connectivity index (χ0n) is 22.0. The molecule has 1 aliphatic heterocycles. The second-order valence-electron chi connectivity index (χ2n) is 8.84. The quantitative estimate of drug-likeness (QED) is 0.141. The average Bonchev–Trinajstić information content (AvgIpc) is 3.19. The molecule has 7 nitrogen and oxygen atoms in total. The number of nitrogens with one attached hydrogen (secondary N) is 1. The first-order valence-corrected chi connectivity index (χ1v) is 14.2. The van der Waals surface area contributed by atoms with Crippen LogP contribution in [-0.4, -0.2) is 64.7 Å². The number of amides is 2. The third-order valence-corrected chi connectivity index (χ3v) is 7.57. The summed E-state index contributed by atoms with van der Waals surface area (Å²) in [7, 11) is 0. The van der Waals surface area contributed by atoms with Gasteiger partial charge in [-0.2, -0.15) is 0 Å². The van der Waals surface area contributed by atoms with Crippen LogP contribution in [0.25, 0.3) is 6.08 Å². The van der Waals surface area contributed by atoms with Gasteiger partial charge in [-0.05, 0) is 61.8 Å². The van der Waals surface area contributed by atoms with Crippen molar-refractivity contribution in [2.24, 2.45) is 0 Å². The molecule has 202 valence electrons. The number of thioether (sulfide) groups is 1. The Kier molecular flexibility index (Phi) is 12.0. The molecule has 1 fully saturated rings. The highest BCUT2D eigenvalue weighted by molar-refractivity contribution is 8.26. The van der Waals surface area contributed by atoms with Gasteiger partial charge in [0.1, 0.15) is 10.9 Å². The molecule has 3 rings (SSSR count). The summed E-state index contributed by atoms with van der Waals surface area (Å²) >= 11 is 6.73. The van der Waals surface area contributed by atoms with Crippen LogP contribution in [0.2, 0.25) is 0 Å². The maximum atomic E-state index is 12.7. The van der Waals surface area contributed by atoms with E-state index in [2.05, 4.69) is 24.1 Å². The van der Waals surface area contributed by atoms with Crippen molar-refractivity contribution in [3.05, 3.63) is 70.6 Å². The van der Waals surface area contributed by atoms with E-state index in [-0.39, 0.29) is 17.8 Å². The largest absolute Gasteiger partial charge is 0.461 e. The number of ether oxygens (including phenoxy) is 1. The predicted octanol–water partition coefficient (Wildman–Crippen LogP) is 5.59.